The molecule has 0 spiro atoms. The number of hydrogen-bond acceptors (Lipinski definition) is 3. The Hall–Kier alpha value is -1.10. The van der Waals surface area contributed by atoms with Crippen molar-refractivity contribution in [1.29, 1.82) is 0 Å². The molecule has 4 nitrogen and oxygen atoms in total. The minimum atomic E-state index is -0.472. The first kappa shape index (κ1) is 16.3. The van der Waals surface area contributed by atoms with Crippen LogP contribution in [0, 0.1) is 5.92 Å². The summed E-state index contributed by atoms with van der Waals surface area (Å²) in [6.45, 7) is 3.22. The van der Waals surface area contributed by atoms with Crippen molar-refractivity contribution in [3.8, 4) is 0 Å². The smallest absolute Gasteiger partial charge is 0.226 e. The number of benzene rings is 1. The first-order valence-corrected chi connectivity index (χ1v) is 7.86. The van der Waals surface area contributed by atoms with Crippen LogP contribution in [0.5, 0.6) is 0 Å². The third-order valence-corrected chi connectivity index (χ3v) is 4.44. The van der Waals surface area contributed by atoms with Crippen molar-refractivity contribution in [3.63, 3.8) is 0 Å². The summed E-state index contributed by atoms with van der Waals surface area (Å²) < 4.78 is 0. The van der Waals surface area contributed by atoms with Gasteiger partial charge in [0.05, 0.1) is 6.10 Å². The highest BCUT2D eigenvalue weighted by atomic mass is 35.5. The molecule has 1 aliphatic carbocycles. The van der Waals surface area contributed by atoms with Gasteiger partial charge in [-0.1, -0.05) is 23.7 Å². The van der Waals surface area contributed by atoms with Crippen LogP contribution in [0.4, 0.5) is 0 Å². The molecule has 0 saturated heterocycles. The number of carbonyl (C=O) groups is 1. The number of rotatable bonds is 4. The van der Waals surface area contributed by atoms with Crippen LogP contribution in [0.3, 0.4) is 0 Å². The van der Waals surface area contributed by atoms with Crippen LogP contribution in [0.1, 0.15) is 31.7 Å². The van der Waals surface area contributed by atoms with Crippen molar-refractivity contribution in [1.82, 2.24) is 4.90 Å². The molecule has 21 heavy (non-hydrogen) atoms. The van der Waals surface area contributed by atoms with Gasteiger partial charge in [-0.2, -0.15) is 0 Å². The number of nitrogens with zero attached hydrogens (tertiary/aromatic N) is 1. The lowest BCUT2D eigenvalue weighted by Crippen LogP contribution is -2.45. The zero-order chi connectivity index (χ0) is 15.4. The highest BCUT2D eigenvalue weighted by Crippen LogP contribution is 2.26. The van der Waals surface area contributed by atoms with Crippen LogP contribution in [-0.2, 0) is 11.3 Å². The van der Waals surface area contributed by atoms with Crippen molar-refractivity contribution in [2.24, 2.45) is 11.7 Å². The van der Waals surface area contributed by atoms with Gasteiger partial charge >= 0.3 is 0 Å². The van der Waals surface area contributed by atoms with E-state index >= 15 is 0 Å². The van der Waals surface area contributed by atoms with Gasteiger partial charge < -0.3 is 15.7 Å². The average Bonchev–Trinajstić information content (AvgIpc) is 2.49. The molecule has 116 valence electrons. The normalized spacial score (nSPS) is 25.6. The van der Waals surface area contributed by atoms with Crippen LogP contribution >= 0.6 is 11.6 Å². The highest BCUT2D eigenvalue weighted by molar-refractivity contribution is 6.30. The van der Waals surface area contributed by atoms with E-state index in [1.54, 1.807) is 0 Å². The maximum Gasteiger partial charge on any atom is 0.226 e. The molecular weight excluding hydrogens is 288 g/mol. The summed E-state index contributed by atoms with van der Waals surface area (Å²) in [5, 5.41) is 10.4. The van der Waals surface area contributed by atoms with Gasteiger partial charge in [0.1, 0.15) is 0 Å². The van der Waals surface area contributed by atoms with Crippen LogP contribution in [-0.4, -0.2) is 34.6 Å². The third kappa shape index (κ3) is 4.19. The molecule has 1 aromatic rings. The molecule has 0 heterocycles. The van der Waals surface area contributed by atoms with Gasteiger partial charge in [0.25, 0.3) is 0 Å². The fraction of sp³-hybridized carbons (Fsp3) is 0.562. The molecule has 0 unspecified atom stereocenters. The molecule has 5 heteroatoms. The first-order chi connectivity index (χ1) is 10.0. The molecule has 3 N–H and O–H groups in total. The van der Waals surface area contributed by atoms with Crippen molar-refractivity contribution in [2.45, 2.75) is 44.9 Å². The topological polar surface area (TPSA) is 66.6 Å². The van der Waals surface area contributed by atoms with E-state index in [2.05, 4.69) is 0 Å². The van der Waals surface area contributed by atoms with Crippen molar-refractivity contribution >= 4 is 17.5 Å². The molecule has 1 amide bonds. The van der Waals surface area contributed by atoms with Crippen molar-refractivity contribution in [3.05, 3.63) is 34.9 Å². The summed E-state index contributed by atoms with van der Waals surface area (Å²) in [5.41, 5.74) is 6.95. The van der Waals surface area contributed by atoms with E-state index in [4.69, 9.17) is 17.3 Å². The molecule has 0 radical (unpaired) electrons. The Balaban J connectivity index is 2.00. The number of carbonyl (C=O) groups excluding carboxylic acids is 1. The number of amides is 1. The molecule has 1 fully saturated rings. The summed E-state index contributed by atoms with van der Waals surface area (Å²) in [6, 6.07) is 7.26. The van der Waals surface area contributed by atoms with Crippen LogP contribution in [0.25, 0.3) is 0 Å². The number of hydrogen-bond donors (Lipinski definition) is 2. The standard InChI is InChI=1S/C16H23ClN2O2/c1-2-19(10-11-3-6-13(17)7-4-11)16(21)12-5-8-15(20)14(18)9-12/h3-4,6-7,12,14-15,20H,2,5,8-10,18H2,1H3/t12-,14+,15+/m0/s1. The molecule has 0 bridgehead atoms. The Bertz CT molecular complexity index is 478. The number of nitrogens with two attached hydrogens (primary N) is 1. The maximum atomic E-state index is 12.6. The number of halogens is 1. The Labute approximate surface area is 130 Å². The summed E-state index contributed by atoms with van der Waals surface area (Å²) in [5.74, 6) is 0.0606. The number of aliphatic hydroxyl groups is 1. The molecular formula is C16H23ClN2O2. The molecule has 1 aliphatic rings. The summed E-state index contributed by atoms with van der Waals surface area (Å²) >= 11 is 5.88. The van der Waals surface area contributed by atoms with Gasteiger partial charge in [0.2, 0.25) is 5.91 Å². The van der Waals surface area contributed by atoms with Gasteiger partial charge in [-0.25, -0.2) is 0 Å². The van der Waals surface area contributed by atoms with E-state index in [0.717, 1.165) is 5.56 Å². The van der Waals surface area contributed by atoms with E-state index in [1.165, 1.54) is 0 Å². The highest BCUT2D eigenvalue weighted by Gasteiger charge is 2.32. The zero-order valence-corrected chi connectivity index (χ0v) is 13.1. The van der Waals surface area contributed by atoms with E-state index in [0.29, 0.717) is 37.4 Å². The molecule has 1 aromatic carbocycles. The van der Waals surface area contributed by atoms with Gasteiger partial charge in [-0.05, 0) is 43.9 Å². The third-order valence-electron chi connectivity index (χ3n) is 4.19. The summed E-state index contributed by atoms with van der Waals surface area (Å²) in [6.07, 6.45) is 1.42. The minimum Gasteiger partial charge on any atom is -0.392 e. The van der Waals surface area contributed by atoms with Crippen LogP contribution < -0.4 is 5.73 Å². The van der Waals surface area contributed by atoms with Crippen LogP contribution in [0.15, 0.2) is 24.3 Å². The SMILES string of the molecule is CCN(Cc1ccc(Cl)cc1)C(=O)[C@H]1CC[C@@H](O)[C@H](N)C1. The van der Waals surface area contributed by atoms with Crippen molar-refractivity contribution < 1.29 is 9.90 Å². The molecule has 0 aromatic heterocycles. The van der Waals surface area contributed by atoms with Gasteiger partial charge in [-0.15, -0.1) is 0 Å². The largest absolute Gasteiger partial charge is 0.392 e. The second-order valence-electron chi connectivity index (χ2n) is 5.72. The quantitative estimate of drug-likeness (QED) is 0.895. The molecule has 3 atom stereocenters. The molecule has 1 saturated carbocycles. The Morgan fingerprint density at radius 1 is 1.38 bits per heavy atom. The van der Waals surface area contributed by atoms with Gasteiger partial charge in [-0.3, -0.25) is 4.79 Å². The van der Waals surface area contributed by atoms with Crippen molar-refractivity contribution in [2.75, 3.05) is 6.54 Å². The molecule has 2 rings (SSSR count). The fourth-order valence-electron chi connectivity index (χ4n) is 2.83. The minimum absolute atomic E-state index is 0.0735. The lowest BCUT2D eigenvalue weighted by molar-refractivity contribution is -0.138. The predicted octanol–water partition coefficient (Wildman–Crippen LogP) is 2.18. The summed E-state index contributed by atoms with van der Waals surface area (Å²) in [4.78, 5) is 14.5. The van der Waals surface area contributed by atoms with Crippen LogP contribution in [0.2, 0.25) is 5.02 Å². The molecule has 0 aliphatic heterocycles. The van der Waals surface area contributed by atoms with E-state index < -0.39 is 6.10 Å². The number of aliphatic hydroxyl groups excluding tert-OH is 1. The van der Waals surface area contributed by atoms with Gasteiger partial charge in [0, 0.05) is 30.1 Å². The monoisotopic (exact) mass is 310 g/mol. The van der Waals surface area contributed by atoms with E-state index in [1.807, 2.05) is 36.1 Å². The fourth-order valence-corrected chi connectivity index (χ4v) is 2.95. The lowest BCUT2D eigenvalue weighted by atomic mass is 9.83. The second kappa shape index (κ2) is 7.25. The predicted molar refractivity (Wildman–Crippen MR) is 83.9 cm³/mol. The summed E-state index contributed by atoms with van der Waals surface area (Å²) in [7, 11) is 0. The zero-order valence-electron chi connectivity index (χ0n) is 12.3. The lowest BCUT2D eigenvalue weighted by Gasteiger charge is -2.33. The van der Waals surface area contributed by atoms with E-state index in [9.17, 15) is 9.90 Å². The maximum absolute atomic E-state index is 12.6. The Morgan fingerprint density at radius 3 is 2.62 bits per heavy atom. The first-order valence-electron chi connectivity index (χ1n) is 7.48. The second-order valence-corrected chi connectivity index (χ2v) is 6.16. The van der Waals surface area contributed by atoms with Gasteiger partial charge in [0.15, 0.2) is 0 Å². The van der Waals surface area contributed by atoms with E-state index in [-0.39, 0.29) is 17.9 Å². The Morgan fingerprint density at radius 2 is 2.05 bits per heavy atom. The average molecular weight is 311 g/mol. The Kier molecular flexibility index (Phi) is 5.62.